The Hall–Kier alpha value is -1.10. The van der Waals surface area contributed by atoms with Crippen LogP contribution in [0.25, 0.3) is 0 Å². The molecule has 0 aliphatic carbocycles. The molecule has 5 heteroatoms. The first-order chi connectivity index (χ1) is 8.66. The van der Waals surface area contributed by atoms with Crippen molar-refractivity contribution in [1.82, 2.24) is 10.6 Å². The monoisotopic (exact) mass is 268 g/mol. The van der Waals surface area contributed by atoms with Crippen LogP contribution < -0.4 is 10.6 Å². The van der Waals surface area contributed by atoms with E-state index >= 15 is 0 Å². The Morgan fingerprint density at radius 3 is 3.11 bits per heavy atom. The number of amides is 1. The number of hydrogen-bond donors (Lipinski definition) is 2. The lowest BCUT2D eigenvalue weighted by atomic mass is 10.1. The molecular weight excluding hydrogens is 252 g/mol. The second-order valence-electron chi connectivity index (χ2n) is 4.42. The van der Waals surface area contributed by atoms with Crippen molar-refractivity contribution < 1.29 is 9.53 Å². The molecule has 2 N–H and O–H groups in total. The molecule has 18 heavy (non-hydrogen) atoms. The van der Waals surface area contributed by atoms with E-state index in [0.29, 0.717) is 23.7 Å². The summed E-state index contributed by atoms with van der Waals surface area (Å²) >= 11 is 6.04. The number of halogens is 1. The van der Waals surface area contributed by atoms with E-state index in [2.05, 4.69) is 10.6 Å². The number of benzene rings is 1. The fourth-order valence-corrected chi connectivity index (χ4v) is 2.19. The largest absolute Gasteiger partial charge is 0.378 e. The number of aryl methyl sites for hydroxylation is 1. The van der Waals surface area contributed by atoms with E-state index < -0.39 is 0 Å². The Bertz CT molecular complexity index is 431. The van der Waals surface area contributed by atoms with Crippen molar-refractivity contribution in [2.24, 2.45) is 0 Å². The van der Waals surface area contributed by atoms with Gasteiger partial charge in [0.15, 0.2) is 0 Å². The fraction of sp³-hybridized carbons (Fsp3) is 0.462. The first-order valence-electron chi connectivity index (χ1n) is 6.02. The van der Waals surface area contributed by atoms with Crippen LogP contribution >= 0.6 is 11.6 Å². The molecule has 1 aliphatic heterocycles. The summed E-state index contributed by atoms with van der Waals surface area (Å²) in [6, 6.07) is 5.59. The zero-order valence-electron chi connectivity index (χ0n) is 10.3. The Labute approximate surface area is 112 Å². The number of morpholine rings is 1. The number of nitrogens with one attached hydrogen (secondary N) is 2. The van der Waals surface area contributed by atoms with Gasteiger partial charge in [-0.05, 0) is 24.6 Å². The van der Waals surface area contributed by atoms with Crippen LogP contribution in [0.1, 0.15) is 15.9 Å². The van der Waals surface area contributed by atoms with Crippen LogP contribution in [0.2, 0.25) is 5.02 Å². The summed E-state index contributed by atoms with van der Waals surface area (Å²) in [6.45, 7) is 4.67. The molecule has 1 amide bonds. The van der Waals surface area contributed by atoms with Crippen LogP contribution in [-0.2, 0) is 4.74 Å². The van der Waals surface area contributed by atoms with Crippen LogP contribution in [0.4, 0.5) is 0 Å². The van der Waals surface area contributed by atoms with Gasteiger partial charge in [0.1, 0.15) is 0 Å². The molecule has 1 atom stereocenters. The minimum absolute atomic E-state index is 0.146. The van der Waals surface area contributed by atoms with Crippen molar-refractivity contribution in [3.63, 3.8) is 0 Å². The van der Waals surface area contributed by atoms with Gasteiger partial charge in [0.05, 0.1) is 23.8 Å². The van der Waals surface area contributed by atoms with Gasteiger partial charge in [0, 0.05) is 19.1 Å². The van der Waals surface area contributed by atoms with Crippen molar-refractivity contribution in [2.75, 3.05) is 26.3 Å². The van der Waals surface area contributed by atoms with Gasteiger partial charge < -0.3 is 15.4 Å². The molecule has 0 aromatic heterocycles. The van der Waals surface area contributed by atoms with Crippen molar-refractivity contribution >= 4 is 17.5 Å². The Morgan fingerprint density at radius 1 is 1.61 bits per heavy atom. The molecule has 4 nitrogen and oxygen atoms in total. The normalized spacial score (nSPS) is 19.6. The average molecular weight is 269 g/mol. The standard InChI is InChI=1S/C13H17ClN2O2/c1-9-2-3-11(12(14)6-9)13(17)16-7-10-8-18-5-4-15-10/h2-3,6,10,15H,4-5,7-8H2,1H3,(H,16,17). The Kier molecular flexibility index (Phi) is 4.58. The third-order valence-corrected chi connectivity index (χ3v) is 3.19. The topological polar surface area (TPSA) is 50.4 Å². The molecule has 1 aromatic rings. The Balaban J connectivity index is 1.90. The van der Waals surface area contributed by atoms with Crippen LogP contribution in [0, 0.1) is 6.92 Å². The first kappa shape index (κ1) is 13.3. The number of carbonyl (C=O) groups excluding carboxylic acids is 1. The SMILES string of the molecule is Cc1ccc(C(=O)NCC2COCCN2)c(Cl)c1. The van der Waals surface area contributed by atoms with E-state index in [9.17, 15) is 4.79 Å². The molecule has 1 aromatic carbocycles. The Morgan fingerprint density at radius 2 is 2.44 bits per heavy atom. The lowest BCUT2D eigenvalue weighted by Crippen LogP contribution is -2.48. The second-order valence-corrected chi connectivity index (χ2v) is 4.83. The highest BCUT2D eigenvalue weighted by Gasteiger charge is 2.15. The van der Waals surface area contributed by atoms with Gasteiger partial charge in [-0.3, -0.25) is 4.79 Å². The molecule has 1 heterocycles. The van der Waals surface area contributed by atoms with Gasteiger partial charge in [-0.15, -0.1) is 0 Å². The van der Waals surface area contributed by atoms with Gasteiger partial charge in [0.2, 0.25) is 0 Å². The molecule has 1 unspecified atom stereocenters. The van der Waals surface area contributed by atoms with E-state index in [1.165, 1.54) is 0 Å². The molecule has 0 radical (unpaired) electrons. The summed E-state index contributed by atoms with van der Waals surface area (Å²) in [5.41, 5.74) is 1.55. The van der Waals surface area contributed by atoms with Crippen molar-refractivity contribution in [1.29, 1.82) is 0 Å². The summed E-state index contributed by atoms with van der Waals surface area (Å²) in [6.07, 6.45) is 0. The number of carbonyl (C=O) groups is 1. The molecule has 2 rings (SSSR count). The zero-order valence-corrected chi connectivity index (χ0v) is 11.1. The summed E-state index contributed by atoms with van der Waals surface area (Å²) in [5.74, 6) is -0.146. The van der Waals surface area contributed by atoms with Crippen LogP contribution in [-0.4, -0.2) is 38.3 Å². The van der Waals surface area contributed by atoms with E-state index in [1.54, 1.807) is 12.1 Å². The highest BCUT2D eigenvalue weighted by atomic mass is 35.5. The van der Waals surface area contributed by atoms with E-state index in [0.717, 1.165) is 18.7 Å². The maximum atomic E-state index is 12.0. The highest BCUT2D eigenvalue weighted by Crippen LogP contribution is 2.17. The maximum Gasteiger partial charge on any atom is 0.252 e. The van der Waals surface area contributed by atoms with E-state index in [1.807, 2.05) is 13.0 Å². The van der Waals surface area contributed by atoms with Crippen LogP contribution in [0.5, 0.6) is 0 Å². The molecular formula is C13H17ClN2O2. The number of rotatable bonds is 3. The van der Waals surface area contributed by atoms with Crippen molar-refractivity contribution in [3.05, 3.63) is 34.3 Å². The molecule has 0 spiro atoms. The van der Waals surface area contributed by atoms with Gasteiger partial charge in [-0.2, -0.15) is 0 Å². The molecule has 0 bridgehead atoms. The minimum Gasteiger partial charge on any atom is -0.378 e. The predicted molar refractivity (Wildman–Crippen MR) is 71.1 cm³/mol. The molecule has 1 saturated heterocycles. The fourth-order valence-electron chi connectivity index (χ4n) is 1.87. The second kappa shape index (κ2) is 6.18. The quantitative estimate of drug-likeness (QED) is 0.871. The number of hydrogen-bond acceptors (Lipinski definition) is 3. The van der Waals surface area contributed by atoms with Crippen LogP contribution in [0.3, 0.4) is 0 Å². The van der Waals surface area contributed by atoms with Gasteiger partial charge in [-0.1, -0.05) is 17.7 Å². The third kappa shape index (κ3) is 3.45. The smallest absolute Gasteiger partial charge is 0.252 e. The number of ether oxygens (including phenoxy) is 1. The van der Waals surface area contributed by atoms with Gasteiger partial charge >= 0.3 is 0 Å². The van der Waals surface area contributed by atoms with E-state index in [4.69, 9.17) is 16.3 Å². The summed E-state index contributed by atoms with van der Waals surface area (Å²) in [7, 11) is 0. The summed E-state index contributed by atoms with van der Waals surface area (Å²) in [4.78, 5) is 12.0. The lowest BCUT2D eigenvalue weighted by Gasteiger charge is -2.24. The average Bonchev–Trinajstić information content (AvgIpc) is 2.37. The molecule has 0 saturated carbocycles. The molecule has 98 valence electrons. The van der Waals surface area contributed by atoms with E-state index in [-0.39, 0.29) is 11.9 Å². The predicted octanol–water partition coefficient (Wildman–Crippen LogP) is 1.37. The van der Waals surface area contributed by atoms with Crippen molar-refractivity contribution in [2.45, 2.75) is 13.0 Å². The van der Waals surface area contributed by atoms with Gasteiger partial charge in [0.25, 0.3) is 5.91 Å². The first-order valence-corrected chi connectivity index (χ1v) is 6.40. The highest BCUT2D eigenvalue weighted by molar-refractivity contribution is 6.33. The maximum absolute atomic E-state index is 12.0. The summed E-state index contributed by atoms with van der Waals surface area (Å²) in [5, 5.41) is 6.63. The van der Waals surface area contributed by atoms with Crippen LogP contribution in [0.15, 0.2) is 18.2 Å². The third-order valence-electron chi connectivity index (χ3n) is 2.88. The lowest BCUT2D eigenvalue weighted by molar-refractivity contribution is 0.0735. The van der Waals surface area contributed by atoms with Crippen molar-refractivity contribution in [3.8, 4) is 0 Å². The molecule has 1 aliphatic rings. The minimum atomic E-state index is -0.146. The zero-order chi connectivity index (χ0) is 13.0. The van der Waals surface area contributed by atoms with Gasteiger partial charge in [-0.25, -0.2) is 0 Å². The summed E-state index contributed by atoms with van der Waals surface area (Å²) < 4.78 is 5.32. The molecule has 1 fully saturated rings.